The summed E-state index contributed by atoms with van der Waals surface area (Å²) in [4.78, 5) is 5.21. The maximum absolute atomic E-state index is 13.6. The Hall–Kier alpha value is -2.82. The summed E-state index contributed by atoms with van der Waals surface area (Å²) in [6, 6.07) is 14.4. The van der Waals surface area contributed by atoms with Crippen molar-refractivity contribution in [1.82, 2.24) is 0 Å². The van der Waals surface area contributed by atoms with Gasteiger partial charge in [-0.15, -0.1) is 23.1 Å². The molecule has 0 aliphatic carbocycles. The highest BCUT2D eigenvalue weighted by molar-refractivity contribution is 8.01. The van der Waals surface area contributed by atoms with E-state index in [1.165, 1.54) is 29.2 Å². The number of rotatable bonds is 9. The molecular formula is C25H31N5O2S3. The molecule has 0 fully saturated rings. The van der Waals surface area contributed by atoms with Crippen molar-refractivity contribution in [3.8, 4) is 11.1 Å². The van der Waals surface area contributed by atoms with Gasteiger partial charge in [-0.25, -0.2) is 8.42 Å². The monoisotopic (exact) mass is 529 g/mol. The van der Waals surface area contributed by atoms with Crippen LogP contribution in [0.1, 0.15) is 30.7 Å². The number of guanidine groups is 1. The summed E-state index contributed by atoms with van der Waals surface area (Å²) in [6.07, 6.45) is 2.79. The summed E-state index contributed by atoms with van der Waals surface area (Å²) in [5, 5.41) is 10.8. The summed E-state index contributed by atoms with van der Waals surface area (Å²) in [5.41, 5.74) is 14.8. The lowest BCUT2D eigenvalue weighted by Gasteiger charge is -2.13. The zero-order valence-electron chi connectivity index (χ0n) is 20.3. The molecule has 3 rings (SSSR count). The largest absolute Gasteiger partial charge is 0.383 e. The molecule has 0 saturated heterocycles. The van der Waals surface area contributed by atoms with Crippen molar-refractivity contribution >= 4 is 50.4 Å². The number of nitrogens with two attached hydrogens (primary N) is 2. The number of anilines is 1. The van der Waals surface area contributed by atoms with Crippen LogP contribution in [0, 0.1) is 18.3 Å². The van der Waals surface area contributed by atoms with E-state index in [0.717, 1.165) is 23.2 Å². The number of amidine groups is 1. The average Bonchev–Trinajstić information content (AvgIpc) is 3.25. The van der Waals surface area contributed by atoms with E-state index in [1.807, 2.05) is 43.5 Å². The molecule has 0 radical (unpaired) electrons. The Kier molecular flexibility index (Phi) is 8.63. The van der Waals surface area contributed by atoms with Crippen LogP contribution < -0.4 is 16.8 Å². The zero-order chi connectivity index (χ0) is 25.8. The van der Waals surface area contributed by atoms with E-state index in [0.29, 0.717) is 33.1 Å². The van der Waals surface area contributed by atoms with Crippen LogP contribution in [0.25, 0.3) is 11.1 Å². The standard InChI is InChI=1S/C25H31N5O2S3/c1-15(2)12-13-29-25(28)30-18-10-8-17(9-11-18)19-6-5-7-21(16(19)3)35(31,32)22-14-20(23(26)27)34-24(22)33-4/h5-11,14-15H,12-13H2,1-4H3,(H3,26,27)(H3,28,29,30). The van der Waals surface area contributed by atoms with E-state index in [9.17, 15) is 8.42 Å². The van der Waals surface area contributed by atoms with E-state index in [-0.39, 0.29) is 15.6 Å². The number of hydrogen-bond acceptors (Lipinski definition) is 6. The highest BCUT2D eigenvalue weighted by Crippen LogP contribution is 2.39. The predicted octanol–water partition coefficient (Wildman–Crippen LogP) is 5.33. The van der Waals surface area contributed by atoms with Crippen LogP contribution >= 0.6 is 23.1 Å². The first-order valence-electron chi connectivity index (χ1n) is 11.1. The molecule has 10 heteroatoms. The van der Waals surface area contributed by atoms with Crippen molar-refractivity contribution < 1.29 is 8.42 Å². The molecule has 3 aromatic rings. The zero-order valence-corrected chi connectivity index (χ0v) is 22.7. The van der Waals surface area contributed by atoms with Crippen molar-refractivity contribution in [2.24, 2.45) is 22.4 Å². The Morgan fingerprint density at radius 1 is 1.14 bits per heavy atom. The van der Waals surface area contributed by atoms with Crippen LogP contribution in [0.3, 0.4) is 0 Å². The second-order valence-corrected chi connectivity index (χ2v) is 12.5. The van der Waals surface area contributed by atoms with Crippen molar-refractivity contribution in [1.29, 1.82) is 5.41 Å². The van der Waals surface area contributed by atoms with Crippen molar-refractivity contribution in [2.75, 3.05) is 18.1 Å². The molecule has 0 aliphatic heterocycles. The molecule has 6 N–H and O–H groups in total. The quantitative estimate of drug-likeness (QED) is 0.168. The third-order valence-corrected chi connectivity index (χ3v) is 9.92. The van der Waals surface area contributed by atoms with Crippen molar-refractivity contribution in [3.05, 3.63) is 59.0 Å². The van der Waals surface area contributed by atoms with Gasteiger partial charge in [0, 0.05) is 12.2 Å². The molecule has 0 saturated carbocycles. The van der Waals surface area contributed by atoms with Crippen LogP contribution in [0.2, 0.25) is 0 Å². The maximum Gasteiger partial charge on any atom is 0.208 e. The van der Waals surface area contributed by atoms with Gasteiger partial charge in [0.05, 0.1) is 18.9 Å². The lowest BCUT2D eigenvalue weighted by Crippen LogP contribution is -2.22. The molecule has 2 aromatic carbocycles. The van der Waals surface area contributed by atoms with Gasteiger partial charge in [-0.2, -0.15) is 0 Å². The number of nitrogen functional groups attached to an aromatic ring is 1. The van der Waals surface area contributed by atoms with Gasteiger partial charge >= 0.3 is 0 Å². The normalized spacial score (nSPS) is 12.2. The Morgan fingerprint density at radius 2 is 1.83 bits per heavy atom. The molecule has 0 bridgehead atoms. The summed E-state index contributed by atoms with van der Waals surface area (Å²) in [5.74, 6) is 0.793. The Morgan fingerprint density at radius 3 is 2.43 bits per heavy atom. The van der Waals surface area contributed by atoms with Gasteiger partial charge in [-0.1, -0.05) is 38.1 Å². The highest BCUT2D eigenvalue weighted by atomic mass is 32.2. The molecule has 0 amide bonds. The Labute approximate surface area is 215 Å². The average molecular weight is 530 g/mol. The minimum atomic E-state index is -3.80. The maximum atomic E-state index is 13.6. The Bertz CT molecular complexity index is 1340. The molecule has 1 heterocycles. The summed E-state index contributed by atoms with van der Waals surface area (Å²) in [7, 11) is -3.80. The minimum Gasteiger partial charge on any atom is -0.383 e. The van der Waals surface area contributed by atoms with Crippen molar-refractivity contribution in [3.63, 3.8) is 0 Å². The first-order valence-corrected chi connectivity index (χ1v) is 14.6. The van der Waals surface area contributed by atoms with Crippen LogP contribution in [0.15, 0.2) is 67.5 Å². The van der Waals surface area contributed by atoms with Gasteiger partial charge in [0.25, 0.3) is 0 Å². The highest BCUT2D eigenvalue weighted by Gasteiger charge is 2.27. The fourth-order valence-electron chi connectivity index (χ4n) is 3.52. The topological polar surface area (TPSA) is 134 Å². The fourth-order valence-corrected chi connectivity index (χ4v) is 7.64. The molecule has 7 nitrogen and oxygen atoms in total. The second kappa shape index (κ2) is 11.3. The van der Waals surface area contributed by atoms with Crippen LogP contribution in [0.5, 0.6) is 0 Å². The third kappa shape index (κ3) is 6.25. The van der Waals surface area contributed by atoms with Gasteiger partial charge in [0.15, 0.2) is 5.96 Å². The molecular weight excluding hydrogens is 499 g/mol. The Balaban J connectivity index is 1.90. The fraction of sp³-hybridized carbons (Fsp3) is 0.280. The van der Waals surface area contributed by atoms with Gasteiger partial charge in [-0.3, -0.25) is 10.4 Å². The predicted molar refractivity (Wildman–Crippen MR) is 149 cm³/mol. The van der Waals surface area contributed by atoms with Gasteiger partial charge < -0.3 is 16.8 Å². The van der Waals surface area contributed by atoms with Gasteiger partial charge in [0.1, 0.15) is 5.84 Å². The number of nitrogens with one attached hydrogen (secondary N) is 2. The molecule has 0 spiro atoms. The van der Waals surface area contributed by atoms with Crippen molar-refractivity contribution in [2.45, 2.75) is 41.2 Å². The second-order valence-electron chi connectivity index (χ2n) is 8.46. The third-order valence-electron chi connectivity index (χ3n) is 5.44. The minimum absolute atomic E-state index is 0.142. The number of hydrogen-bond donors (Lipinski definition) is 4. The summed E-state index contributed by atoms with van der Waals surface area (Å²) < 4.78 is 27.8. The van der Waals surface area contributed by atoms with E-state index >= 15 is 0 Å². The van der Waals surface area contributed by atoms with Gasteiger partial charge in [0.2, 0.25) is 9.84 Å². The van der Waals surface area contributed by atoms with E-state index < -0.39 is 9.84 Å². The molecule has 186 valence electrons. The first-order chi connectivity index (χ1) is 16.5. The number of thioether (sulfide) groups is 1. The van der Waals surface area contributed by atoms with E-state index in [1.54, 1.807) is 12.1 Å². The van der Waals surface area contributed by atoms with Crippen LogP contribution in [0.4, 0.5) is 5.69 Å². The number of nitrogens with zero attached hydrogens (tertiary/aromatic N) is 1. The molecule has 1 aromatic heterocycles. The molecule has 0 atom stereocenters. The summed E-state index contributed by atoms with van der Waals surface area (Å²) in [6.45, 7) is 6.77. The number of aliphatic imine (C=N–C) groups is 1. The SMILES string of the molecule is CSc1sc(C(=N)N)cc1S(=O)(=O)c1cccc(-c2ccc(NC(N)=NCCC(C)C)cc2)c1C. The van der Waals surface area contributed by atoms with Crippen LogP contribution in [-0.4, -0.2) is 33.0 Å². The lowest BCUT2D eigenvalue weighted by atomic mass is 10.0. The molecule has 0 unspecified atom stereocenters. The lowest BCUT2D eigenvalue weighted by molar-refractivity contribution is 0.594. The first kappa shape index (κ1) is 26.8. The molecule has 0 aliphatic rings. The smallest absolute Gasteiger partial charge is 0.208 e. The van der Waals surface area contributed by atoms with E-state index in [4.69, 9.17) is 16.9 Å². The number of sulfone groups is 1. The molecule has 35 heavy (non-hydrogen) atoms. The van der Waals surface area contributed by atoms with E-state index in [2.05, 4.69) is 24.2 Å². The number of benzene rings is 2. The van der Waals surface area contributed by atoms with Gasteiger partial charge in [-0.05, 0) is 66.5 Å². The van der Waals surface area contributed by atoms with Crippen LogP contribution in [-0.2, 0) is 9.84 Å². The number of thiophene rings is 1. The summed E-state index contributed by atoms with van der Waals surface area (Å²) >= 11 is 2.55.